The van der Waals surface area contributed by atoms with Crippen LogP contribution in [0.2, 0.25) is 10.0 Å². The number of amides is 1. The van der Waals surface area contributed by atoms with Crippen molar-refractivity contribution in [1.82, 2.24) is 21.2 Å². The number of fused-ring (bicyclic) bond motifs is 1. The van der Waals surface area contributed by atoms with Gasteiger partial charge in [0, 0.05) is 40.1 Å². The Hall–Kier alpha value is -2.38. The summed E-state index contributed by atoms with van der Waals surface area (Å²) in [7, 11) is 0. The first-order valence-electron chi connectivity index (χ1n) is 8.42. The van der Waals surface area contributed by atoms with Gasteiger partial charge in [-0.3, -0.25) is 15.2 Å². The molecule has 0 spiro atoms. The third-order valence-electron chi connectivity index (χ3n) is 4.69. The average molecular weight is 402 g/mol. The Kier molecular flexibility index (Phi) is 4.88. The molecule has 3 aromatic rings. The van der Waals surface area contributed by atoms with Gasteiger partial charge in [0.05, 0.1) is 5.02 Å². The molecule has 0 bridgehead atoms. The fraction of sp³-hybridized carbons (Fsp3) is 0.158. The van der Waals surface area contributed by atoms with Crippen LogP contribution in [0.3, 0.4) is 0 Å². The van der Waals surface area contributed by atoms with E-state index in [0.717, 1.165) is 5.56 Å². The Morgan fingerprint density at radius 1 is 1.15 bits per heavy atom. The predicted molar refractivity (Wildman–Crippen MR) is 108 cm³/mol. The molecular weight excluding hydrogens is 385 g/mol. The minimum atomic E-state index is -0.326. The minimum absolute atomic E-state index is 0.0433. The number of aromatic nitrogens is 1. The number of benzene rings is 2. The van der Waals surface area contributed by atoms with Crippen molar-refractivity contribution in [2.45, 2.75) is 12.1 Å². The fourth-order valence-electron chi connectivity index (χ4n) is 3.32. The molecule has 1 fully saturated rings. The number of halogens is 2. The van der Waals surface area contributed by atoms with Crippen molar-refractivity contribution in [1.29, 1.82) is 0 Å². The van der Waals surface area contributed by atoms with Gasteiger partial charge >= 0.3 is 0 Å². The second kappa shape index (κ2) is 7.32. The summed E-state index contributed by atoms with van der Waals surface area (Å²) < 4.78 is 0. The molecule has 27 heavy (non-hydrogen) atoms. The Labute approximate surface area is 166 Å². The van der Waals surface area contributed by atoms with E-state index in [1.165, 1.54) is 0 Å². The standard InChI is InChI=1S/C19H17Cl2N5O/c20-11-3-1-10(2-4-11)13-9-24-26-18(13)25-19(27)17-16-12(7-8-23-17)15(22)6-5-14(16)21/h1-8,13,18,24,26H,9,22H2,(H,25,27). The highest BCUT2D eigenvalue weighted by Gasteiger charge is 2.30. The summed E-state index contributed by atoms with van der Waals surface area (Å²) in [5, 5.41) is 5.35. The monoisotopic (exact) mass is 401 g/mol. The van der Waals surface area contributed by atoms with Gasteiger partial charge in [-0.05, 0) is 35.9 Å². The highest BCUT2D eigenvalue weighted by Crippen LogP contribution is 2.30. The van der Waals surface area contributed by atoms with Crippen LogP contribution in [0.1, 0.15) is 22.0 Å². The number of nitrogens with two attached hydrogens (primary N) is 1. The van der Waals surface area contributed by atoms with Gasteiger partial charge in [0.15, 0.2) is 0 Å². The summed E-state index contributed by atoms with van der Waals surface area (Å²) in [6.45, 7) is 0.670. The van der Waals surface area contributed by atoms with E-state index in [2.05, 4.69) is 21.2 Å². The lowest BCUT2D eigenvalue weighted by Gasteiger charge is -2.20. The summed E-state index contributed by atoms with van der Waals surface area (Å²) in [6, 6.07) is 12.7. The summed E-state index contributed by atoms with van der Waals surface area (Å²) >= 11 is 12.3. The summed E-state index contributed by atoms with van der Waals surface area (Å²) in [5.74, 6) is -0.282. The molecule has 2 heterocycles. The maximum absolute atomic E-state index is 12.9. The van der Waals surface area contributed by atoms with Gasteiger partial charge in [-0.25, -0.2) is 5.43 Å². The highest BCUT2D eigenvalue weighted by atomic mass is 35.5. The number of hydrazine groups is 1. The second-order valence-corrected chi connectivity index (χ2v) is 7.20. The molecule has 138 valence electrons. The average Bonchev–Trinajstić information content (AvgIpc) is 3.13. The van der Waals surface area contributed by atoms with Crippen molar-refractivity contribution < 1.29 is 4.79 Å². The van der Waals surface area contributed by atoms with E-state index >= 15 is 0 Å². The molecular formula is C19H17Cl2N5O. The molecule has 0 radical (unpaired) electrons. The van der Waals surface area contributed by atoms with Crippen molar-refractivity contribution in [2.75, 3.05) is 12.3 Å². The second-order valence-electron chi connectivity index (χ2n) is 6.35. The number of carbonyl (C=O) groups excluding carboxylic acids is 1. The molecule has 8 heteroatoms. The van der Waals surface area contributed by atoms with Crippen molar-refractivity contribution in [3.8, 4) is 0 Å². The van der Waals surface area contributed by atoms with Gasteiger partial charge in [-0.2, -0.15) is 0 Å². The molecule has 0 saturated carbocycles. The number of nitrogen functional groups attached to an aromatic ring is 1. The molecule has 1 aromatic heterocycles. The first kappa shape index (κ1) is 18.0. The molecule has 5 N–H and O–H groups in total. The van der Waals surface area contributed by atoms with E-state index in [4.69, 9.17) is 28.9 Å². The predicted octanol–water partition coefficient (Wildman–Crippen LogP) is 3.07. The Morgan fingerprint density at radius 3 is 2.70 bits per heavy atom. The van der Waals surface area contributed by atoms with Crippen molar-refractivity contribution >= 4 is 45.6 Å². The van der Waals surface area contributed by atoms with Crippen LogP contribution < -0.4 is 21.9 Å². The van der Waals surface area contributed by atoms with Crippen molar-refractivity contribution in [3.05, 3.63) is 70.0 Å². The van der Waals surface area contributed by atoms with E-state index in [-0.39, 0.29) is 23.7 Å². The quantitative estimate of drug-likeness (QED) is 0.506. The smallest absolute Gasteiger partial charge is 0.271 e. The molecule has 1 aliphatic rings. The van der Waals surface area contributed by atoms with Crippen LogP contribution in [-0.2, 0) is 0 Å². The van der Waals surface area contributed by atoms with Crippen molar-refractivity contribution in [3.63, 3.8) is 0 Å². The number of hydrogen-bond acceptors (Lipinski definition) is 5. The van der Waals surface area contributed by atoms with E-state index in [9.17, 15) is 4.79 Å². The van der Waals surface area contributed by atoms with Gasteiger partial charge in [-0.15, -0.1) is 0 Å². The first-order chi connectivity index (χ1) is 13.0. The van der Waals surface area contributed by atoms with Crippen LogP contribution in [0.25, 0.3) is 10.8 Å². The lowest BCUT2D eigenvalue weighted by atomic mass is 9.97. The van der Waals surface area contributed by atoms with E-state index in [1.54, 1.807) is 24.4 Å². The van der Waals surface area contributed by atoms with Crippen LogP contribution in [0.5, 0.6) is 0 Å². The number of anilines is 1. The van der Waals surface area contributed by atoms with Gasteiger partial charge in [0.1, 0.15) is 11.9 Å². The van der Waals surface area contributed by atoms with Gasteiger partial charge in [0.2, 0.25) is 0 Å². The number of rotatable bonds is 3. The van der Waals surface area contributed by atoms with Crippen molar-refractivity contribution in [2.24, 2.45) is 0 Å². The third kappa shape index (κ3) is 3.44. The minimum Gasteiger partial charge on any atom is -0.398 e. The number of hydrogen-bond donors (Lipinski definition) is 4. The van der Waals surface area contributed by atoms with E-state index < -0.39 is 0 Å². The molecule has 1 saturated heterocycles. The molecule has 1 amide bonds. The summed E-state index contributed by atoms with van der Waals surface area (Å²) in [4.78, 5) is 17.2. The molecule has 1 aliphatic heterocycles. The maximum atomic E-state index is 12.9. The zero-order chi connectivity index (χ0) is 19.0. The Balaban J connectivity index is 1.63. The molecule has 4 rings (SSSR count). The molecule has 6 nitrogen and oxygen atoms in total. The molecule has 0 aliphatic carbocycles. The highest BCUT2D eigenvalue weighted by molar-refractivity contribution is 6.37. The first-order valence-corrected chi connectivity index (χ1v) is 9.17. The normalized spacial score (nSPS) is 19.3. The fourth-order valence-corrected chi connectivity index (χ4v) is 3.70. The SMILES string of the molecule is Nc1ccc(Cl)c2c(C(=O)NC3NNCC3c3ccc(Cl)cc3)nccc12. The van der Waals surface area contributed by atoms with Gasteiger partial charge in [0.25, 0.3) is 5.91 Å². The maximum Gasteiger partial charge on any atom is 0.271 e. The number of nitrogens with zero attached hydrogens (tertiary/aromatic N) is 1. The Bertz CT molecular complexity index is 1010. The summed E-state index contributed by atoms with van der Waals surface area (Å²) in [5.41, 5.74) is 14.1. The lowest BCUT2D eigenvalue weighted by molar-refractivity contribution is 0.0925. The van der Waals surface area contributed by atoms with Crippen LogP contribution in [0, 0.1) is 0 Å². The number of nitrogens with one attached hydrogen (secondary N) is 3. The zero-order valence-corrected chi connectivity index (χ0v) is 15.7. The van der Waals surface area contributed by atoms with E-state index in [1.807, 2.05) is 24.3 Å². The van der Waals surface area contributed by atoms with Crippen LogP contribution in [-0.4, -0.2) is 23.6 Å². The van der Waals surface area contributed by atoms with Gasteiger partial charge in [-0.1, -0.05) is 35.3 Å². The number of carbonyl (C=O) groups is 1. The van der Waals surface area contributed by atoms with E-state index in [0.29, 0.717) is 33.0 Å². The van der Waals surface area contributed by atoms with Crippen LogP contribution >= 0.6 is 23.2 Å². The zero-order valence-electron chi connectivity index (χ0n) is 14.2. The topological polar surface area (TPSA) is 92.1 Å². The molecule has 2 unspecified atom stereocenters. The largest absolute Gasteiger partial charge is 0.398 e. The number of pyridine rings is 1. The van der Waals surface area contributed by atoms with Gasteiger partial charge < -0.3 is 11.1 Å². The molecule has 2 atom stereocenters. The van der Waals surface area contributed by atoms with Crippen LogP contribution in [0.4, 0.5) is 5.69 Å². The summed E-state index contributed by atoms with van der Waals surface area (Å²) in [6.07, 6.45) is 1.25. The van der Waals surface area contributed by atoms with Crippen LogP contribution in [0.15, 0.2) is 48.7 Å². The lowest BCUT2D eigenvalue weighted by Crippen LogP contribution is -2.46. The third-order valence-corrected chi connectivity index (χ3v) is 5.26. The molecule has 2 aromatic carbocycles. The Morgan fingerprint density at radius 2 is 1.93 bits per heavy atom.